The van der Waals surface area contributed by atoms with E-state index in [0.29, 0.717) is 40.3 Å². The van der Waals surface area contributed by atoms with Gasteiger partial charge in [-0.15, -0.1) is 0 Å². The molecule has 3 aromatic rings. The number of halogens is 1. The molecule has 33 heavy (non-hydrogen) atoms. The molecule has 0 atom stereocenters. The maximum Gasteiger partial charge on any atom is 0.236 e. The average Bonchev–Trinajstić information content (AvgIpc) is 2.70. The molecule has 1 aliphatic rings. The number of para-hydroxylation sites is 1. The highest BCUT2D eigenvalue weighted by atomic mass is 35.5. The Bertz CT molecular complexity index is 1410. The molecule has 4 rings (SSSR count). The minimum atomic E-state index is -3.61. The lowest BCUT2D eigenvalue weighted by molar-refractivity contribution is -0.128. The van der Waals surface area contributed by atoms with E-state index in [9.17, 15) is 18.0 Å². The highest BCUT2D eigenvalue weighted by Crippen LogP contribution is 2.40. The summed E-state index contributed by atoms with van der Waals surface area (Å²) in [4.78, 5) is 24.7. The largest absolute Gasteiger partial charge is 0.496 e. The van der Waals surface area contributed by atoms with Gasteiger partial charge in [0.1, 0.15) is 23.4 Å². The van der Waals surface area contributed by atoms with Gasteiger partial charge in [0, 0.05) is 18.1 Å². The van der Waals surface area contributed by atoms with Gasteiger partial charge >= 0.3 is 0 Å². The standard InChI is InChI=1S/C23H22ClNO7S/c1-12-7-16(20-10-18(26)15-5-4-6-17(24)22(15)32-20)21(11-19(12)30-2)31-14-8-13(9-14)23(27)25-33(3,28)29/h4-7,10-11,13-14H,8-9H2,1-3H3,(H,25,27)/t13-,14+. The summed E-state index contributed by atoms with van der Waals surface area (Å²) in [5.74, 6) is 0.277. The number of fused-ring (bicyclic) bond motifs is 1. The molecule has 1 N–H and O–H groups in total. The number of ether oxygens (including phenoxy) is 2. The second kappa shape index (κ2) is 8.72. The topological polar surface area (TPSA) is 112 Å². The Morgan fingerprint density at radius 1 is 1.18 bits per heavy atom. The number of hydrogen-bond donors (Lipinski definition) is 1. The van der Waals surface area contributed by atoms with E-state index in [0.717, 1.165) is 11.8 Å². The lowest BCUT2D eigenvalue weighted by atomic mass is 9.82. The molecule has 1 heterocycles. The van der Waals surface area contributed by atoms with Crippen LogP contribution in [0.5, 0.6) is 11.5 Å². The number of nitrogens with one attached hydrogen (secondary N) is 1. The maximum absolute atomic E-state index is 12.7. The van der Waals surface area contributed by atoms with Crippen molar-refractivity contribution >= 4 is 38.5 Å². The minimum absolute atomic E-state index is 0.241. The van der Waals surface area contributed by atoms with E-state index < -0.39 is 21.8 Å². The van der Waals surface area contributed by atoms with E-state index >= 15 is 0 Å². The van der Waals surface area contributed by atoms with Gasteiger partial charge in [0.2, 0.25) is 15.9 Å². The summed E-state index contributed by atoms with van der Waals surface area (Å²) in [6.45, 7) is 1.85. The van der Waals surface area contributed by atoms with Gasteiger partial charge in [-0.2, -0.15) is 0 Å². The van der Waals surface area contributed by atoms with Crippen molar-refractivity contribution in [3.05, 3.63) is 57.2 Å². The quantitative estimate of drug-likeness (QED) is 0.560. The molecule has 1 amide bonds. The lowest BCUT2D eigenvalue weighted by Crippen LogP contribution is -2.45. The number of carbonyl (C=O) groups is 1. The molecule has 0 spiro atoms. The summed E-state index contributed by atoms with van der Waals surface area (Å²) in [5, 5.41) is 0.690. The second-order valence-corrected chi connectivity index (χ2v) is 10.2. The minimum Gasteiger partial charge on any atom is -0.496 e. The number of rotatable bonds is 6. The zero-order valence-corrected chi connectivity index (χ0v) is 19.7. The first-order valence-electron chi connectivity index (χ1n) is 10.2. The van der Waals surface area contributed by atoms with Crippen molar-refractivity contribution in [2.24, 2.45) is 5.92 Å². The van der Waals surface area contributed by atoms with Crippen molar-refractivity contribution in [3.63, 3.8) is 0 Å². The molecule has 0 unspecified atom stereocenters. The number of hydrogen-bond acceptors (Lipinski definition) is 7. The summed E-state index contributed by atoms with van der Waals surface area (Å²) in [6.07, 6.45) is 1.32. The van der Waals surface area contributed by atoms with Crippen LogP contribution in [0, 0.1) is 12.8 Å². The van der Waals surface area contributed by atoms with Crippen molar-refractivity contribution in [1.29, 1.82) is 0 Å². The molecule has 0 bridgehead atoms. The van der Waals surface area contributed by atoms with Crippen LogP contribution in [0.1, 0.15) is 18.4 Å². The first-order chi connectivity index (χ1) is 15.6. The van der Waals surface area contributed by atoms with Gasteiger partial charge in [-0.25, -0.2) is 8.42 Å². The Morgan fingerprint density at radius 2 is 1.91 bits per heavy atom. The lowest BCUT2D eigenvalue weighted by Gasteiger charge is -2.34. The molecule has 0 saturated heterocycles. The second-order valence-electron chi connectivity index (χ2n) is 8.06. The van der Waals surface area contributed by atoms with Crippen LogP contribution in [0.4, 0.5) is 0 Å². The molecule has 0 radical (unpaired) electrons. The molecule has 1 aliphatic carbocycles. The van der Waals surface area contributed by atoms with Crippen LogP contribution in [-0.4, -0.2) is 33.8 Å². The van der Waals surface area contributed by atoms with Crippen molar-refractivity contribution in [3.8, 4) is 22.8 Å². The Kier molecular flexibility index (Phi) is 6.11. The van der Waals surface area contributed by atoms with E-state index in [1.165, 1.54) is 13.2 Å². The Balaban J connectivity index is 1.67. The summed E-state index contributed by atoms with van der Waals surface area (Å²) in [7, 11) is -2.07. The fourth-order valence-electron chi connectivity index (χ4n) is 3.78. The molecular formula is C23H22ClNO7S. The third kappa shape index (κ3) is 4.84. The van der Waals surface area contributed by atoms with Gasteiger partial charge in [-0.1, -0.05) is 17.7 Å². The SMILES string of the molecule is COc1cc(O[C@H]2C[C@@H](C(=O)NS(C)(=O)=O)C2)c(-c2cc(=O)c3cccc(Cl)c3o2)cc1C. The number of methoxy groups -OCH3 is 1. The summed E-state index contributed by atoms with van der Waals surface area (Å²) in [6, 6.07) is 9.84. The van der Waals surface area contributed by atoms with E-state index in [4.69, 9.17) is 25.5 Å². The third-order valence-electron chi connectivity index (χ3n) is 5.51. The monoisotopic (exact) mass is 491 g/mol. The van der Waals surface area contributed by atoms with Gasteiger partial charge < -0.3 is 13.9 Å². The predicted molar refractivity (Wildman–Crippen MR) is 124 cm³/mol. The summed E-state index contributed by atoms with van der Waals surface area (Å²) < 4.78 is 42.1. The molecular weight excluding hydrogens is 470 g/mol. The van der Waals surface area contributed by atoms with Gasteiger partial charge in [0.05, 0.1) is 29.3 Å². The Labute approximate surface area is 195 Å². The molecule has 2 aromatic carbocycles. The number of sulfonamides is 1. The van der Waals surface area contributed by atoms with E-state index in [-0.39, 0.29) is 22.9 Å². The smallest absolute Gasteiger partial charge is 0.236 e. The summed E-state index contributed by atoms with van der Waals surface area (Å²) >= 11 is 6.25. The van der Waals surface area contributed by atoms with E-state index in [2.05, 4.69) is 0 Å². The molecule has 1 saturated carbocycles. The van der Waals surface area contributed by atoms with Crippen LogP contribution in [0.2, 0.25) is 5.02 Å². The Hall–Kier alpha value is -3.04. The summed E-state index contributed by atoms with van der Waals surface area (Å²) in [5.41, 5.74) is 1.38. The fraction of sp³-hybridized carbons (Fsp3) is 0.304. The molecule has 8 nitrogen and oxygen atoms in total. The van der Waals surface area contributed by atoms with Gasteiger partial charge in [-0.3, -0.25) is 14.3 Å². The predicted octanol–water partition coefficient (Wildman–Crippen LogP) is 3.66. The highest BCUT2D eigenvalue weighted by molar-refractivity contribution is 7.89. The first-order valence-corrected chi connectivity index (χ1v) is 12.4. The average molecular weight is 492 g/mol. The molecule has 174 valence electrons. The normalized spacial score (nSPS) is 17.9. The van der Waals surface area contributed by atoms with Crippen molar-refractivity contribution in [2.45, 2.75) is 25.9 Å². The molecule has 1 aromatic heterocycles. The van der Waals surface area contributed by atoms with E-state index in [1.54, 1.807) is 30.3 Å². The first kappa shape index (κ1) is 23.1. The van der Waals surface area contributed by atoms with Crippen molar-refractivity contribution < 1.29 is 27.1 Å². The van der Waals surface area contributed by atoms with E-state index in [1.807, 2.05) is 11.6 Å². The molecule has 0 aliphatic heterocycles. The number of benzene rings is 2. The number of carbonyl (C=O) groups excluding carboxylic acids is 1. The van der Waals surface area contributed by atoms with Crippen LogP contribution in [0.25, 0.3) is 22.3 Å². The third-order valence-corrected chi connectivity index (χ3v) is 6.38. The highest BCUT2D eigenvalue weighted by Gasteiger charge is 2.37. The number of amides is 1. The number of aryl methyl sites for hydroxylation is 1. The zero-order chi connectivity index (χ0) is 23.9. The Morgan fingerprint density at radius 3 is 2.58 bits per heavy atom. The van der Waals surface area contributed by atoms with Gasteiger partial charge in [-0.05, 0) is 43.5 Å². The molecule has 10 heteroatoms. The fourth-order valence-corrected chi connectivity index (χ4v) is 4.52. The molecule has 1 fully saturated rings. The van der Waals surface area contributed by atoms with Crippen LogP contribution in [0.3, 0.4) is 0 Å². The van der Waals surface area contributed by atoms with Crippen LogP contribution in [0.15, 0.2) is 45.6 Å². The van der Waals surface area contributed by atoms with Crippen LogP contribution in [-0.2, 0) is 14.8 Å². The zero-order valence-electron chi connectivity index (χ0n) is 18.2. The van der Waals surface area contributed by atoms with Gasteiger partial charge in [0.25, 0.3) is 0 Å². The van der Waals surface area contributed by atoms with Gasteiger partial charge in [0.15, 0.2) is 11.0 Å². The van der Waals surface area contributed by atoms with Crippen LogP contribution < -0.4 is 19.6 Å². The van der Waals surface area contributed by atoms with Crippen molar-refractivity contribution in [1.82, 2.24) is 4.72 Å². The van der Waals surface area contributed by atoms with Crippen molar-refractivity contribution in [2.75, 3.05) is 13.4 Å². The maximum atomic E-state index is 12.7. The van der Waals surface area contributed by atoms with Crippen LogP contribution >= 0.6 is 11.6 Å².